The molecule has 21 heavy (non-hydrogen) atoms. The predicted molar refractivity (Wildman–Crippen MR) is 90.9 cm³/mol. The molecule has 0 amide bonds. The Balaban J connectivity index is 1.56. The molecule has 1 unspecified atom stereocenters. The minimum Gasteiger partial charge on any atom is -0.381 e. The molecule has 1 heteroatoms. The normalized spacial score (nSPS) is 15.7. The van der Waals surface area contributed by atoms with Crippen molar-refractivity contribution in [1.82, 2.24) is 0 Å². The minimum absolute atomic E-state index is 0.647. The van der Waals surface area contributed by atoms with Crippen molar-refractivity contribution in [3.63, 3.8) is 0 Å². The van der Waals surface area contributed by atoms with Crippen LogP contribution in [0.4, 0.5) is 5.69 Å². The van der Waals surface area contributed by atoms with Gasteiger partial charge < -0.3 is 5.32 Å². The van der Waals surface area contributed by atoms with E-state index in [1.807, 2.05) is 0 Å². The molecule has 1 nitrogen and oxygen atoms in total. The maximum atomic E-state index is 3.51. The predicted octanol–water partition coefficient (Wildman–Crippen LogP) is 5.69. The number of hydrogen-bond donors (Lipinski definition) is 1. The molecule has 0 radical (unpaired) electrons. The average Bonchev–Trinajstić information content (AvgIpc) is 3.38. The molecule has 0 aliphatic heterocycles. The van der Waals surface area contributed by atoms with Crippen molar-refractivity contribution >= 4 is 5.69 Å². The molecule has 0 spiro atoms. The summed E-state index contributed by atoms with van der Waals surface area (Å²) < 4.78 is 0. The van der Waals surface area contributed by atoms with Crippen molar-refractivity contribution in [2.45, 2.75) is 51.5 Å². The van der Waals surface area contributed by atoms with Crippen molar-refractivity contribution < 1.29 is 0 Å². The molecule has 1 aliphatic rings. The van der Waals surface area contributed by atoms with E-state index in [0.717, 1.165) is 12.5 Å². The lowest BCUT2D eigenvalue weighted by Crippen LogP contribution is -2.00. The molecule has 2 aromatic rings. The Hall–Kier alpha value is -1.76. The number of benzene rings is 2. The molecule has 0 saturated heterocycles. The highest BCUT2D eigenvalue weighted by Crippen LogP contribution is 2.39. The van der Waals surface area contributed by atoms with Gasteiger partial charge in [-0.2, -0.15) is 0 Å². The van der Waals surface area contributed by atoms with Gasteiger partial charge in [-0.25, -0.2) is 0 Å². The van der Waals surface area contributed by atoms with Crippen LogP contribution in [0.2, 0.25) is 0 Å². The molecule has 1 atom stereocenters. The number of rotatable bonds is 6. The van der Waals surface area contributed by atoms with Gasteiger partial charge in [-0.3, -0.25) is 0 Å². The lowest BCUT2D eigenvalue weighted by atomic mass is 9.98. The first-order valence-corrected chi connectivity index (χ1v) is 8.19. The molecule has 1 saturated carbocycles. The maximum absolute atomic E-state index is 3.51. The Morgan fingerprint density at radius 2 is 1.67 bits per heavy atom. The van der Waals surface area contributed by atoms with E-state index in [2.05, 4.69) is 67.7 Å². The molecule has 0 bridgehead atoms. The van der Waals surface area contributed by atoms with E-state index in [1.54, 1.807) is 0 Å². The Morgan fingerprint density at radius 1 is 1.00 bits per heavy atom. The van der Waals surface area contributed by atoms with E-state index < -0.39 is 0 Å². The van der Waals surface area contributed by atoms with Gasteiger partial charge in [0.25, 0.3) is 0 Å². The highest BCUT2D eigenvalue weighted by atomic mass is 14.9. The molecule has 1 aliphatic carbocycles. The number of nitrogens with one attached hydrogen (secondary N) is 1. The van der Waals surface area contributed by atoms with Gasteiger partial charge in [0.15, 0.2) is 0 Å². The van der Waals surface area contributed by atoms with Gasteiger partial charge in [0.05, 0.1) is 0 Å². The van der Waals surface area contributed by atoms with Crippen LogP contribution in [0.3, 0.4) is 0 Å². The second kappa shape index (κ2) is 6.34. The SMILES string of the molecule is CCC(C)c1ccc(NCc2ccc(C3CC3)cc2)cc1. The molecule has 3 rings (SSSR count). The Morgan fingerprint density at radius 3 is 2.24 bits per heavy atom. The third kappa shape index (κ3) is 3.66. The first-order valence-electron chi connectivity index (χ1n) is 8.19. The Bertz CT molecular complexity index is 564. The van der Waals surface area contributed by atoms with Crippen LogP contribution in [0.15, 0.2) is 48.5 Å². The Labute approximate surface area is 128 Å². The zero-order valence-corrected chi connectivity index (χ0v) is 13.1. The summed E-state index contributed by atoms with van der Waals surface area (Å²) in [5.41, 5.74) is 5.49. The fourth-order valence-electron chi connectivity index (χ4n) is 2.69. The third-order valence-corrected chi connectivity index (χ3v) is 4.62. The zero-order valence-electron chi connectivity index (χ0n) is 13.1. The first-order chi connectivity index (χ1) is 10.3. The average molecular weight is 279 g/mol. The summed E-state index contributed by atoms with van der Waals surface area (Å²) in [7, 11) is 0. The van der Waals surface area contributed by atoms with Gasteiger partial charge in [0.1, 0.15) is 0 Å². The van der Waals surface area contributed by atoms with E-state index in [0.29, 0.717) is 5.92 Å². The third-order valence-electron chi connectivity index (χ3n) is 4.62. The summed E-state index contributed by atoms with van der Waals surface area (Å²) in [6.45, 7) is 5.42. The lowest BCUT2D eigenvalue weighted by Gasteiger charge is -2.11. The van der Waals surface area contributed by atoms with Crippen LogP contribution in [0.1, 0.15) is 61.6 Å². The van der Waals surface area contributed by atoms with Gasteiger partial charge in [0.2, 0.25) is 0 Å². The van der Waals surface area contributed by atoms with E-state index in [4.69, 9.17) is 0 Å². The molecule has 1 fully saturated rings. The summed E-state index contributed by atoms with van der Waals surface area (Å²) in [4.78, 5) is 0. The van der Waals surface area contributed by atoms with Gasteiger partial charge in [-0.1, -0.05) is 50.2 Å². The van der Waals surface area contributed by atoms with E-state index >= 15 is 0 Å². The molecule has 0 aromatic heterocycles. The van der Waals surface area contributed by atoms with Crippen LogP contribution in [-0.4, -0.2) is 0 Å². The van der Waals surface area contributed by atoms with E-state index in [1.165, 1.54) is 41.6 Å². The fraction of sp³-hybridized carbons (Fsp3) is 0.400. The van der Waals surface area contributed by atoms with Crippen molar-refractivity contribution in [3.05, 3.63) is 65.2 Å². The van der Waals surface area contributed by atoms with E-state index in [9.17, 15) is 0 Å². The summed E-state index contributed by atoms with van der Waals surface area (Å²) >= 11 is 0. The summed E-state index contributed by atoms with van der Waals surface area (Å²) in [5.74, 6) is 1.49. The summed E-state index contributed by atoms with van der Waals surface area (Å²) in [6, 6.07) is 18.0. The summed E-state index contributed by atoms with van der Waals surface area (Å²) in [6.07, 6.45) is 3.94. The second-order valence-corrected chi connectivity index (χ2v) is 6.30. The number of hydrogen-bond acceptors (Lipinski definition) is 1. The maximum Gasteiger partial charge on any atom is 0.0400 e. The number of anilines is 1. The lowest BCUT2D eigenvalue weighted by molar-refractivity contribution is 0.734. The Kier molecular flexibility index (Phi) is 4.28. The molecule has 1 N–H and O–H groups in total. The zero-order chi connectivity index (χ0) is 14.7. The molecule has 110 valence electrons. The van der Waals surface area contributed by atoms with Crippen molar-refractivity contribution in [2.24, 2.45) is 0 Å². The quantitative estimate of drug-likeness (QED) is 0.716. The van der Waals surface area contributed by atoms with Gasteiger partial charge in [-0.15, -0.1) is 0 Å². The molecule has 0 heterocycles. The molecular weight excluding hydrogens is 254 g/mol. The van der Waals surface area contributed by atoms with Gasteiger partial charge in [-0.05, 0) is 59.9 Å². The van der Waals surface area contributed by atoms with Crippen LogP contribution in [0.25, 0.3) is 0 Å². The van der Waals surface area contributed by atoms with Crippen LogP contribution in [0.5, 0.6) is 0 Å². The van der Waals surface area contributed by atoms with Crippen molar-refractivity contribution in [2.75, 3.05) is 5.32 Å². The van der Waals surface area contributed by atoms with Crippen molar-refractivity contribution in [1.29, 1.82) is 0 Å². The van der Waals surface area contributed by atoms with Crippen LogP contribution >= 0.6 is 0 Å². The first kappa shape index (κ1) is 14.2. The van der Waals surface area contributed by atoms with E-state index in [-0.39, 0.29) is 0 Å². The topological polar surface area (TPSA) is 12.0 Å². The van der Waals surface area contributed by atoms with Crippen LogP contribution in [0, 0.1) is 0 Å². The standard InChI is InChI=1S/C20H25N/c1-3-15(2)17-10-12-20(13-11-17)21-14-16-4-6-18(7-5-16)19-8-9-19/h4-7,10-13,15,19,21H,3,8-9,14H2,1-2H3. The van der Waals surface area contributed by atoms with Crippen LogP contribution < -0.4 is 5.32 Å². The fourth-order valence-corrected chi connectivity index (χ4v) is 2.69. The summed E-state index contributed by atoms with van der Waals surface area (Å²) in [5, 5.41) is 3.51. The van der Waals surface area contributed by atoms with Crippen LogP contribution in [-0.2, 0) is 6.54 Å². The highest BCUT2D eigenvalue weighted by Gasteiger charge is 2.22. The second-order valence-electron chi connectivity index (χ2n) is 6.30. The molecular formula is C20H25N. The minimum atomic E-state index is 0.647. The van der Waals surface area contributed by atoms with Gasteiger partial charge >= 0.3 is 0 Å². The smallest absolute Gasteiger partial charge is 0.0400 e. The van der Waals surface area contributed by atoms with Gasteiger partial charge in [0, 0.05) is 12.2 Å². The monoisotopic (exact) mass is 279 g/mol. The largest absolute Gasteiger partial charge is 0.381 e. The highest BCUT2D eigenvalue weighted by molar-refractivity contribution is 5.46. The van der Waals surface area contributed by atoms with Crippen molar-refractivity contribution in [3.8, 4) is 0 Å². The molecule has 2 aromatic carbocycles.